The lowest BCUT2D eigenvalue weighted by atomic mass is 9.87. The number of carbonyl (C=O) groups is 3. The average molecular weight is 2200 g/mol. The number of halogens is 8. The van der Waals surface area contributed by atoms with E-state index in [1.807, 2.05) is 172 Å². The number of hydrazine groups is 1. The van der Waals surface area contributed by atoms with Crippen molar-refractivity contribution in [1.29, 1.82) is 5.26 Å². The van der Waals surface area contributed by atoms with Crippen molar-refractivity contribution in [2.24, 2.45) is 5.84 Å². The normalized spacial score (nSPS) is 11.2. The maximum absolute atomic E-state index is 14.7. The first-order chi connectivity index (χ1) is 63.2. The molecule has 0 amide bonds. The van der Waals surface area contributed by atoms with Gasteiger partial charge in [0.2, 0.25) is 0 Å². The third-order valence-corrected chi connectivity index (χ3v) is 26.1. The van der Waals surface area contributed by atoms with Crippen molar-refractivity contribution in [2.45, 2.75) is 162 Å². The Kier molecular flexibility index (Phi) is 38.7. The number of hydrogen-bond donors (Lipinski definition) is 7. The maximum atomic E-state index is 14.7. The molecular weight excluding hydrogens is 2100 g/mol. The number of sulfonamides is 2. The number of aryl methyl sites for hydroxylation is 3. The number of carbonyl (C=O) groups excluding carboxylic acids is 3. The second-order valence-corrected chi connectivity index (χ2v) is 42.8. The number of benzene rings is 8. The summed E-state index contributed by atoms with van der Waals surface area (Å²) in [7, 11) is -6.87. The third-order valence-electron chi connectivity index (χ3n) is 19.5. The largest absolute Gasteiger partial charge is 0.398 e. The summed E-state index contributed by atoms with van der Waals surface area (Å²) in [6.45, 7) is 26.4. The molecule has 16 rings (SSSR count). The van der Waals surface area contributed by atoms with Gasteiger partial charge in [-0.15, -0.1) is 0 Å². The number of fused-ring (bicyclic) bond motifs is 5. The highest BCUT2D eigenvalue weighted by Gasteiger charge is 2.28. The van der Waals surface area contributed by atoms with E-state index in [0.29, 0.717) is 56.5 Å². The minimum absolute atomic E-state index is 0. The lowest BCUT2D eigenvalue weighted by Gasteiger charge is -2.20. The molecule has 0 unspecified atom stereocenters. The molecule has 0 spiro atoms. The Bertz CT molecular complexity index is 7270. The van der Waals surface area contributed by atoms with Crippen LogP contribution in [0.5, 0.6) is 0 Å². The number of aromatic nitrogens is 11. The van der Waals surface area contributed by atoms with Crippen molar-refractivity contribution in [3.63, 3.8) is 0 Å². The van der Waals surface area contributed by atoms with Gasteiger partial charge in [-0.2, -0.15) is 20.6 Å². The van der Waals surface area contributed by atoms with Gasteiger partial charge in [-0.25, -0.2) is 52.5 Å². The fourth-order valence-electron chi connectivity index (χ4n) is 13.3. The number of nitrogens with one attached hydrogen (secondary N) is 3. The molecule has 8 aromatic carbocycles. The highest BCUT2D eigenvalue weighted by atomic mass is 79.9. The number of ketones is 3. The topological polar surface area (TPSA) is 435 Å². The SMILES string of the molecule is C.C.CC(=O)CC#N.CC(=O)CC(C)=O.CC(C)(C)c1ccc(S(=O)(=O)Cl)cc1F.Cc1cc(N)n(-c2ccc(Br)c3ncccc23)n1.Cc1cc(NS(=O)(=O)c2ccc(C(C)(C)C)c(F)c2)n(-c2ccc(Br)c3ncccc23)n1.Cc1cc(NS(=O)(=O)c2ccc(C(C)(C)C)c(F)c2)n(-c2ccc(N)c3ncccc23)n1.NNc1ccc(Br)c2ncccc12.Nc1ccc(Br)c2ncccc12. The second-order valence-electron chi connectivity index (χ2n) is 33.4. The zero-order valence-electron chi connectivity index (χ0n) is 75.9. The Hall–Kier alpha value is -12.5. The summed E-state index contributed by atoms with van der Waals surface area (Å²) < 4.78 is 131. The Morgan fingerprint density at radius 3 is 1.07 bits per heavy atom. The van der Waals surface area contributed by atoms with Crippen LogP contribution in [0.2, 0.25) is 0 Å². The Labute approximate surface area is 833 Å². The van der Waals surface area contributed by atoms with E-state index in [2.05, 4.69) is 119 Å². The van der Waals surface area contributed by atoms with Crippen LogP contribution in [0, 0.1) is 49.6 Å². The van der Waals surface area contributed by atoms with Crippen molar-refractivity contribution in [2.75, 3.05) is 32.1 Å². The molecule has 8 heterocycles. The summed E-state index contributed by atoms with van der Waals surface area (Å²) >= 11 is 13.8. The van der Waals surface area contributed by atoms with Gasteiger partial charge in [0.15, 0.2) is 0 Å². The van der Waals surface area contributed by atoms with Gasteiger partial charge in [-0.3, -0.25) is 54.6 Å². The molecule has 28 nitrogen and oxygen atoms in total. The van der Waals surface area contributed by atoms with Crippen molar-refractivity contribution in [3.8, 4) is 23.1 Å². The minimum atomic E-state index is -4.07. The predicted octanol–water partition coefficient (Wildman–Crippen LogP) is 23.6. The zero-order valence-corrected chi connectivity index (χ0v) is 85.4. The molecule has 0 bridgehead atoms. The average Bonchev–Trinajstić information content (AvgIpc) is 1.65. The molecule has 8 aromatic heterocycles. The van der Waals surface area contributed by atoms with Crippen LogP contribution in [-0.2, 0) is 59.7 Å². The van der Waals surface area contributed by atoms with Gasteiger partial charge in [0, 0.05) is 110 Å². The standard InChI is InChI=1S/C23H22BrFN4O2S.C23H24FN5O2S.C13H11BrN4.C10H12ClFO2S.C9H8BrN3.C9H7BrN2.C5H8O2.C4H5NO.2CH4/c1-14-12-21(28-32(30,31)15-7-8-17(19(25)13-15)23(2,3)4)29(27-14)20-10-9-18(24)22-16(20)6-5-11-26-22;1-14-12-21(28-32(30,31)15-7-8-17(18(24)13-15)23(2,3)4)29(27-14)20-10-9-19(25)22-16(20)6-5-11-26-22;1-8-7-12(15)18(17-8)11-5-4-10(14)13-9(11)3-2-6-16-13;1-10(2,3)8-5-4-7(6-9(8)12)15(11,13)14;10-7-3-4-8(13-11)6-2-1-5-12-9(6)7;10-7-3-4-8(11)6-2-1-5-12-9(6)7;1-4(6)3-5(2)7;1-4(6)2-3-5;;/h5-13,28H,1-4H3;5-13,28H,25H2,1-4H3;2-7H,15H2,1H3;4-6H,1-3H3;1-5,13H,11H2;1-5H,11H2;3H2,1-2H3;2H2,1H3;2*1H4. The number of nitrogen functional groups attached to an aromatic ring is 4. The highest BCUT2D eigenvalue weighted by molar-refractivity contribution is 9.11. The number of Topliss-reactive ketones (excluding diaryl/α,β-unsaturated/α-hetero) is 3. The maximum Gasteiger partial charge on any atom is 0.263 e. The summed E-state index contributed by atoms with van der Waals surface area (Å²) in [6.07, 6.45) is 8.73. The van der Waals surface area contributed by atoms with Gasteiger partial charge in [0.05, 0.1) is 107 Å². The van der Waals surface area contributed by atoms with Gasteiger partial charge in [0.25, 0.3) is 29.1 Å². The van der Waals surface area contributed by atoms with Gasteiger partial charge in [-0.05, 0) is 296 Å². The Balaban J connectivity index is 0.000000225. The second kappa shape index (κ2) is 47.5. The van der Waals surface area contributed by atoms with E-state index in [9.17, 15) is 52.8 Å². The smallest absolute Gasteiger partial charge is 0.263 e. The molecule has 16 aromatic rings. The van der Waals surface area contributed by atoms with Crippen LogP contribution in [0.3, 0.4) is 0 Å². The number of nitrogens with two attached hydrogens (primary N) is 4. The van der Waals surface area contributed by atoms with E-state index in [-0.39, 0.29) is 76.8 Å². The van der Waals surface area contributed by atoms with Crippen LogP contribution in [0.15, 0.2) is 258 Å². The lowest BCUT2D eigenvalue weighted by molar-refractivity contribution is -0.124. The van der Waals surface area contributed by atoms with Crippen LogP contribution in [0.25, 0.3) is 71.6 Å². The van der Waals surface area contributed by atoms with E-state index in [4.69, 9.17) is 39.0 Å². The molecule has 0 fully saturated rings. The van der Waals surface area contributed by atoms with Gasteiger partial charge in [-0.1, -0.05) is 95.4 Å². The van der Waals surface area contributed by atoms with E-state index in [1.165, 1.54) is 66.5 Å². The van der Waals surface area contributed by atoms with Crippen molar-refractivity contribution < 1.29 is 52.8 Å². The van der Waals surface area contributed by atoms with Gasteiger partial charge in [0.1, 0.15) is 52.3 Å². The molecule has 11 N–H and O–H groups in total. The zero-order chi connectivity index (χ0) is 99.7. The van der Waals surface area contributed by atoms with Crippen LogP contribution >= 0.6 is 74.4 Å². The fraction of sp³-hybridized carbons (Fsp3) is 0.224. The van der Waals surface area contributed by atoms with Crippen LogP contribution in [-0.4, -0.2) is 96.9 Å². The molecule has 137 heavy (non-hydrogen) atoms. The molecule has 0 atom stereocenters. The molecule has 0 saturated heterocycles. The van der Waals surface area contributed by atoms with Gasteiger partial charge < -0.3 is 22.6 Å². The van der Waals surface area contributed by atoms with Gasteiger partial charge >= 0.3 is 0 Å². The van der Waals surface area contributed by atoms with Crippen molar-refractivity contribution >= 4 is 210 Å². The summed E-state index contributed by atoms with van der Waals surface area (Å²) in [6, 6.07) is 56.0. The fourth-order valence-corrected chi connectivity index (χ4v) is 17.9. The lowest BCUT2D eigenvalue weighted by Crippen LogP contribution is -2.18. The van der Waals surface area contributed by atoms with Crippen LogP contribution < -0.4 is 37.9 Å². The number of rotatable bonds is 14. The number of pyridine rings is 5. The monoisotopic (exact) mass is 2200 g/mol. The Morgan fingerprint density at radius 2 is 0.730 bits per heavy atom. The minimum Gasteiger partial charge on any atom is -0.398 e. The number of nitriles is 1. The van der Waals surface area contributed by atoms with E-state index in [1.54, 1.807) is 92.0 Å². The first kappa shape index (κ1) is 112. The van der Waals surface area contributed by atoms with Crippen LogP contribution in [0.1, 0.15) is 145 Å². The molecule has 39 heteroatoms. The molecular formula is C98H105Br4ClF3N19O9S3. The van der Waals surface area contributed by atoms with Crippen LogP contribution in [0.4, 0.5) is 47.7 Å². The summed E-state index contributed by atoms with van der Waals surface area (Å²) in [5.74, 6) is 4.59. The number of anilines is 6. The molecule has 720 valence electrons. The Morgan fingerprint density at radius 1 is 0.416 bits per heavy atom. The highest BCUT2D eigenvalue weighted by Crippen LogP contribution is 2.37. The summed E-state index contributed by atoms with van der Waals surface area (Å²) in [5, 5.41) is 25.6. The third kappa shape index (κ3) is 29.3. The van der Waals surface area contributed by atoms with E-state index >= 15 is 0 Å². The molecule has 0 saturated carbocycles. The molecule has 0 radical (unpaired) electrons. The van der Waals surface area contributed by atoms with E-state index < -0.39 is 57.4 Å². The molecule has 0 aliphatic heterocycles. The quantitative estimate of drug-likeness (QED) is 0.0175. The first-order valence-corrected chi connectivity index (χ1v) is 49.4. The molecule has 0 aliphatic rings. The summed E-state index contributed by atoms with van der Waals surface area (Å²) in [5.41, 5.74) is 31.1. The summed E-state index contributed by atoms with van der Waals surface area (Å²) in [4.78, 5) is 50.9. The predicted molar refractivity (Wildman–Crippen MR) is 556 cm³/mol. The van der Waals surface area contributed by atoms with E-state index in [0.717, 1.165) is 108 Å². The number of hydrogen-bond acceptors (Lipinski definition) is 23. The first-order valence-electron chi connectivity index (χ1n) is 41.0. The molecule has 0 aliphatic carbocycles. The number of nitrogens with zero attached hydrogens (tertiary/aromatic N) is 12. The van der Waals surface area contributed by atoms with Crippen molar-refractivity contribution in [1.82, 2.24) is 54.3 Å². The van der Waals surface area contributed by atoms with Crippen molar-refractivity contribution in [3.05, 3.63) is 294 Å².